The van der Waals surface area contributed by atoms with Crippen molar-refractivity contribution in [2.75, 3.05) is 5.32 Å². The smallest absolute Gasteiger partial charge is 0.229 e. The summed E-state index contributed by atoms with van der Waals surface area (Å²) in [5.41, 5.74) is 2.84. The molecule has 1 amide bonds. The SMILES string of the molecule is Cc1nc(C)c(CC(=O)Nc2ccc(Br)cc2C)s1. The Morgan fingerprint density at radius 2 is 2.11 bits per heavy atom. The van der Waals surface area contributed by atoms with Gasteiger partial charge in [0.2, 0.25) is 5.91 Å². The number of hydrogen-bond donors (Lipinski definition) is 1. The van der Waals surface area contributed by atoms with E-state index >= 15 is 0 Å². The minimum atomic E-state index is -0.00262. The van der Waals surface area contributed by atoms with Crippen LogP contribution in [0.5, 0.6) is 0 Å². The second-order valence-electron chi connectivity index (χ2n) is 4.43. The highest BCUT2D eigenvalue weighted by molar-refractivity contribution is 9.10. The van der Waals surface area contributed by atoms with Crippen LogP contribution in [0.1, 0.15) is 21.1 Å². The molecule has 0 aliphatic heterocycles. The summed E-state index contributed by atoms with van der Waals surface area (Å²) in [4.78, 5) is 17.4. The van der Waals surface area contributed by atoms with Gasteiger partial charge >= 0.3 is 0 Å². The summed E-state index contributed by atoms with van der Waals surface area (Å²) in [7, 11) is 0. The van der Waals surface area contributed by atoms with Crippen molar-refractivity contribution in [3.05, 3.63) is 43.8 Å². The molecular weight excluding hydrogens is 324 g/mol. The largest absolute Gasteiger partial charge is 0.326 e. The third-order valence-corrected chi connectivity index (χ3v) is 4.35. The summed E-state index contributed by atoms with van der Waals surface area (Å²) in [6.45, 7) is 5.87. The van der Waals surface area contributed by atoms with E-state index in [0.29, 0.717) is 6.42 Å². The van der Waals surface area contributed by atoms with Crippen molar-refractivity contribution >= 4 is 38.9 Å². The number of benzene rings is 1. The quantitative estimate of drug-likeness (QED) is 0.918. The standard InChI is InChI=1S/C14H15BrN2OS/c1-8-6-11(15)4-5-12(8)17-14(18)7-13-9(2)16-10(3)19-13/h4-6H,7H2,1-3H3,(H,17,18). The van der Waals surface area contributed by atoms with Crippen LogP contribution >= 0.6 is 27.3 Å². The van der Waals surface area contributed by atoms with E-state index in [1.165, 1.54) is 0 Å². The minimum absolute atomic E-state index is 0.00262. The van der Waals surface area contributed by atoms with Gasteiger partial charge in [0.1, 0.15) is 0 Å². The summed E-state index contributed by atoms with van der Waals surface area (Å²) in [5, 5.41) is 3.94. The van der Waals surface area contributed by atoms with E-state index in [9.17, 15) is 4.79 Å². The molecule has 100 valence electrons. The third kappa shape index (κ3) is 3.64. The van der Waals surface area contributed by atoms with Crippen LogP contribution in [0.25, 0.3) is 0 Å². The first kappa shape index (κ1) is 14.2. The summed E-state index contributed by atoms with van der Waals surface area (Å²) in [5.74, 6) is -0.00262. The Hall–Kier alpha value is -1.20. The molecule has 0 radical (unpaired) electrons. The molecule has 3 nitrogen and oxygen atoms in total. The van der Waals surface area contributed by atoms with Gasteiger partial charge in [-0.2, -0.15) is 0 Å². The van der Waals surface area contributed by atoms with Crippen molar-refractivity contribution in [2.24, 2.45) is 0 Å². The molecule has 1 aromatic heterocycles. The van der Waals surface area contributed by atoms with Gasteiger partial charge in [-0.15, -0.1) is 11.3 Å². The molecule has 0 fully saturated rings. The number of halogens is 1. The van der Waals surface area contributed by atoms with Gasteiger partial charge in [0.05, 0.1) is 17.1 Å². The molecule has 0 saturated carbocycles. The number of carbonyl (C=O) groups is 1. The molecule has 1 N–H and O–H groups in total. The first-order valence-corrected chi connectivity index (χ1v) is 7.55. The van der Waals surface area contributed by atoms with Crippen LogP contribution in [-0.2, 0) is 11.2 Å². The van der Waals surface area contributed by atoms with Crippen LogP contribution in [0.2, 0.25) is 0 Å². The van der Waals surface area contributed by atoms with Gasteiger partial charge in [-0.1, -0.05) is 15.9 Å². The molecule has 0 spiro atoms. The Labute approximate surface area is 125 Å². The van der Waals surface area contributed by atoms with Crippen LogP contribution in [0.3, 0.4) is 0 Å². The van der Waals surface area contributed by atoms with Gasteiger partial charge in [-0.25, -0.2) is 4.98 Å². The Kier molecular flexibility index (Phi) is 4.37. The number of nitrogens with one attached hydrogen (secondary N) is 1. The Morgan fingerprint density at radius 1 is 1.37 bits per heavy atom. The predicted molar refractivity (Wildman–Crippen MR) is 82.8 cm³/mol. The van der Waals surface area contributed by atoms with Crippen molar-refractivity contribution in [3.8, 4) is 0 Å². The topological polar surface area (TPSA) is 42.0 Å². The number of thiazole rings is 1. The van der Waals surface area contributed by atoms with Crippen LogP contribution in [0.4, 0.5) is 5.69 Å². The molecule has 0 atom stereocenters. The van der Waals surface area contributed by atoms with Crippen LogP contribution < -0.4 is 5.32 Å². The van der Waals surface area contributed by atoms with Gasteiger partial charge in [0, 0.05) is 15.0 Å². The van der Waals surface area contributed by atoms with E-state index in [-0.39, 0.29) is 5.91 Å². The third-order valence-electron chi connectivity index (χ3n) is 2.78. The molecule has 0 aliphatic rings. The van der Waals surface area contributed by atoms with Crippen molar-refractivity contribution in [2.45, 2.75) is 27.2 Å². The molecule has 0 aliphatic carbocycles. The van der Waals surface area contributed by atoms with E-state index in [0.717, 1.165) is 31.3 Å². The highest BCUT2D eigenvalue weighted by Crippen LogP contribution is 2.21. The van der Waals surface area contributed by atoms with Gasteiger partial charge < -0.3 is 5.32 Å². The fourth-order valence-electron chi connectivity index (χ4n) is 1.85. The molecular formula is C14H15BrN2OS. The van der Waals surface area contributed by atoms with Gasteiger partial charge in [-0.3, -0.25) is 4.79 Å². The Balaban J connectivity index is 2.07. The van der Waals surface area contributed by atoms with Gasteiger partial charge in [0.25, 0.3) is 0 Å². The fourth-order valence-corrected chi connectivity index (χ4v) is 3.26. The number of carbonyl (C=O) groups excluding carboxylic acids is 1. The maximum atomic E-state index is 12.0. The molecule has 2 rings (SSSR count). The van der Waals surface area contributed by atoms with E-state index in [4.69, 9.17) is 0 Å². The number of aryl methyl sites for hydroxylation is 3. The zero-order valence-corrected chi connectivity index (χ0v) is 13.5. The van der Waals surface area contributed by atoms with Crippen LogP contribution in [0.15, 0.2) is 22.7 Å². The van der Waals surface area contributed by atoms with Gasteiger partial charge in [0.15, 0.2) is 0 Å². The second kappa shape index (κ2) is 5.84. The number of aromatic nitrogens is 1. The fraction of sp³-hybridized carbons (Fsp3) is 0.286. The van der Waals surface area contributed by atoms with Crippen molar-refractivity contribution in [1.82, 2.24) is 4.98 Å². The Bertz CT molecular complexity index is 622. The first-order valence-electron chi connectivity index (χ1n) is 5.94. The molecule has 1 aromatic carbocycles. The lowest BCUT2D eigenvalue weighted by Gasteiger charge is -2.08. The molecule has 0 bridgehead atoms. The van der Waals surface area contributed by atoms with E-state index in [1.807, 2.05) is 39.0 Å². The zero-order valence-electron chi connectivity index (χ0n) is 11.1. The summed E-state index contributed by atoms with van der Waals surface area (Å²) in [6, 6.07) is 5.81. The normalized spacial score (nSPS) is 10.5. The summed E-state index contributed by atoms with van der Waals surface area (Å²) < 4.78 is 1.01. The molecule has 5 heteroatoms. The van der Waals surface area contributed by atoms with E-state index in [1.54, 1.807) is 11.3 Å². The number of nitrogens with zero attached hydrogens (tertiary/aromatic N) is 1. The highest BCUT2D eigenvalue weighted by Gasteiger charge is 2.11. The van der Waals surface area contributed by atoms with Crippen LogP contribution in [-0.4, -0.2) is 10.9 Å². The van der Waals surface area contributed by atoms with Crippen molar-refractivity contribution in [1.29, 1.82) is 0 Å². The van der Waals surface area contributed by atoms with Crippen LogP contribution in [0, 0.1) is 20.8 Å². The maximum absolute atomic E-state index is 12.0. The van der Waals surface area contributed by atoms with Crippen molar-refractivity contribution < 1.29 is 4.79 Å². The first-order chi connectivity index (χ1) is 8.95. The monoisotopic (exact) mass is 338 g/mol. The van der Waals surface area contributed by atoms with Crippen molar-refractivity contribution in [3.63, 3.8) is 0 Å². The highest BCUT2D eigenvalue weighted by atomic mass is 79.9. The zero-order chi connectivity index (χ0) is 14.0. The lowest BCUT2D eigenvalue weighted by atomic mass is 10.2. The molecule has 0 unspecified atom stereocenters. The predicted octanol–water partition coefficient (Wildman–Crippen LogP) is 4.01. The molecule has 1 heterocycles. The lowest BCUT2D eigenvalue weighted by molar-refractivity contribution is -0.115. The van der Waals surface area contributed by atoms with E-state index in [2.05, 4.69) is 26.2 Å². The Morgan fingerprint density at radius 3 is 2.68 bits per heavy atom. The number of anilines is 1. The minimum Gasteiger partial charge on any atom is -0.326 e. The number of rotatable bonds is 3. The molecule has 0 saturated heterocycles. The summed E-state index contributed by atoms with van der Waals surface area (Å²) in [6.07, 6.45) is 0.382. The van der Waals surface area contributed by atoms with E-state index < -0.39 is 0 Å². The number of hydrogen-bond acceptors (Lipinski definition) is 3. The number of amides is 1. The lowest BCUT2D eigenvalue weighted by Crippen LogP contribution is -2.15. The van der Waals surface area contributed by atoms with Gasteiger partial charge in [-0.05, 0) is 44.5 Å². The average Bonchev–Trinajstić information content (AvgIpc) is 2.61. The second-order valence-corrected chi connectivity index (χ2v) is 6.63. The average molecular weight is 339 g/mol. The summed E-state index contributed by atoms with van der Waals surface area (Å²) >= 11 is 4.99. The molecule has 19 heavy (non-hydrogen) atoms. The maximum Gasteiger partial charge on any atom is 0.229 e. The molecule has 2 aromatic rings.